The van der Waals surface area contributed by atoms with Gasteiger partial charge >= 0.3 is 0 Å². The van der Waals surface area contributed by atoms with Crippen LogP contribution in [0, 0.1) is 0 Å². The molecule has 0 radical (unpaired) electrons. The average Bonchev–Trinajstić information content (AvgIpc) is 3.35. The molecule has 0 aliphatic rings. The third-order valence-electron chi connectivity index (χ3n) is 7.61. The van der Waals surface area contributed by atoms with Gasteiger partial charge in [-0.3, -0.25) is 0 Å². The highest BCUT2D eigenvalue weighted by Crippen LogP contribution is 2.37. The van der Waals surface area contributed by atoms with Gasteiger partial charge in [-0.1, -0.05) is 122 Å². The summed E-state index contributed by atoms with van der Waals surface area (Å²) in [6.07, 6.45) is 3.95. The van der Waals surface area contributed by atoms with Crippen LogP contribution < -0.4 is 0 Å². The van der Waals surface area contributed by atoms with Crippen molar-refractivity contribution < 1.29 is 0 Å². The number of nitrogens with zero attached hydrogens (tertiary/aromatic N) is 1. The molecule has 1 heteroatoms. The summed E-state index contributed by atoms with van der Waals surface area (Å²) < 4.78 is 2.40. The largest absolute Gasteiger partial charge is 0.309 e. The molecule has 0 saturated heterocycles. The van der Waals surface area contributed by atoms with Crippen LogP contribution in [0.5, 0.6) is 0 Å². The summed E-state index contributed by atoms with van der Waals surface area (Å²) in [5.74, 6) is 0. The number of fused-ring (bicyclic) bond motifs is 5. The van der Waals surface area contributed by atoms with Crippen molar-refractivity contribution in [1.82, 2.24) is 4.57 Å². The molecular formula is C40H37N. The van der Waals surface area contributed by atoms with Crippen molar-refractivity contribution in [2.24, 2.45) is 0 Å². The fourth-order valence-electron chi connectivity index (χ4n) is 5.31. The van der Waals surface area contributed by atoms with Crippen molar-refractivity contribution in [3.05, 3.63) is 163 Å². The number of para-hydroxylation sites is 2. The van der Waals surface area contributed by atoms with Gasteiger partial charge < -0.3 is 4.57 Å². The molecule has 0 saturated carbocycles. The van der Waals surface area contributed by atoms with Gasteiger partial charge in [-0.2, -0.15) is 0 Å². The molecule has 0 unspecified atom stereocenters. The quantitative estimate of drug-likeness (QED) is 0.195. The average molecular weight is 532 g/mol. The third-order valence-corrected chi connectivity index (χ3v) is 7.61. The van der Waals surface area contributed by atoms with Crippen LogP contribution >= 0.6 is 0 Å². The van der Waals surface area contributed by atoms with Gasteiger partial charge in [0.25, 0.3) is 0 Å². The first-order valence-corrected chi connectivity index (χ1v) is 14.1. The van der Waals surface area contributed by atoms with E-state index in [2.05, 4.69) is 160 Å². The normalized spacial score (nSPS) is 11.5. The third kappa shape index (κ3) is 5.71. The monoisotopic (exact) mass is 531 g/mol. The topological polar surface area (TPSA) is 4.93 Å². The first kappa shape index (κ1) is 27.7. The molecule has 6 rings (SSSR count). The molecule has 0 fully saturated rings. The lowest BCUT2D eigenvalue weighted by Crippen LogP contribution is -1.93. The molecule has 0 N–H and O–H groups in total. The first-order valence-electron chi connectivity index (χ1n) is 14.1. The van der Waals surface area contributed by atoms with Crippen molar-refractivity contribution in [1.29, 1.82) is 0 Å². The lowest BCUT2D eigenvalue weighted by atomic mass is 9.99. The molecule has 1 aromatic heterocycles. The number of benzene rings is 5. The van der Waals surface area contributed by atoms with Gasteiger partial charge in [0.05, 0.1) is 11.0 Å². The van der Waals surface area contributed by atoms with Crippen LogP contribution in [-0.2, 0) is 0 Å². The summed E-state index contributed by atoms with van der Waals surface area (Å²) >= 11 is 0. The maximum atomic E-state index is 3.98. The molecule has 41 heavy (non-hydrogen) atoms. The fourth-order valence-corrected chi connectivity index (χ4v) is 5.31. The molecule has 0 aliphatic carbocycles. The highest BCUT2D eigenvalue weighted by molar-refractivity contribution is 6.18. The Bertz CT molecular complexity index is 1930. The molecule has 0 aliphatic heterocycles. The zero-order valence-corrected chi connectivity index (χ0v) is 24.5. The summed E-state index contributed by atoms with van der Waals surface area (Å²) in [5.41, 5.74) is 11.0. The highest BCUT2D eigenvalue weighted by Gasteiger charge is 2.14. The van der Waals surface area contributed by atoms with Crippen LogP contribution in [0.3, 0.4) is 0 Å². The Morgan fingerprint density at radius 2 is 1.27 bits per heavy atom. The summed E-state index contributed by atoms with van der Waals surface area (Å²) in [6.45, 7) is 16.0. The SMILES string of the molecule is C=C/C(C)=C(\C)C(=C)C=C(C)C.c1ccc(-c2ccc3c(ccc4c5ccccc5n(-c5ccccc5)c34)c2)cc1. The van der Waals surface area contributed by atoms with Gasteiger partial charge in [0.2, 0.25) is 0 Å². The molecule has 202 valence electrons. The Hall–Kier alpha value is -4.88. The Morgan fingerprint density at radius 1 is 0.634 bits per heavy atom. The minimum absolute atomic E-state index is 1.08. The summed E-state index contributed by atoms with van der Waals surface area (Å²) in [4.78, 5) is 0. The van der Waals surface area contributed by atoms with Gasteiger partial charge in [0, 0.05) is 21.8 Å². The summed E-state index contributed by atoms with van der Waals surface area (Å²) in [6, 6.07) is 41.3. The highest BCUT2D eigenvalue weighted by atomic mass is 15.0. The molecule has 1 nitrogen and oxygen atoms in total. The predicted octanol–water partition coefficient (Wildman–Crippen LogP) is 11.6. The number of hydrogen-bond acceptors (Lipinski definition) is 0. The summed E-state index contributed by atoms with van der Waals surface area (Å²) in [5, 5.41) is 5.13. The van der Waals surface area contributed by atoms with Crippen LogP contribution in [0.1, 0.15) is 27.7 Å². The fraction of sp³-hybridized carbons (Fsp3) is 0.100. The number of rotatable bonds is 5. The second-order valence-corrected chi connectivity index (χ2v) is 10.7. The van der Waals surface area contributed by atoms with Gasteiger partial charge in [0.1, 0.15) is 0 Å². The zero-order chi connectivity index (χ0) is 28.9. The minimum Gasteiger partial charge on any atom is -0.309 e. The molecule has 0 amide bonds. The second-order valence-electron chi connectivity index (χ2n) is 10.7. The van der Waals surface area contributed by atoms with E-state index < -0.39 is 0 Å². The molecular weight excluding hydrogens is 494 g/mol. The van der Waals surface area contributed by atoms with Crippen molar-refractivity contribution in [2.75, 3.05) is 0 Å². The Kier molecular flexibility index (Phi) is 8.17. The lowest BCUT2D eigenvalue weighted by Gasteiger charge is -2.10. The van der Waals surface area contributed by atoms with E-state index in [9.17, 15) is 0 Å². The minimum atomic E-state index is 1.08. The Balaban J connectivity index is 0.000000241. The predicted molar refractivity (Wildman–Crippen MR) is 181 cm³/mol. The van der Waals surface area contributed by atoms with Crippen LogP contribution in [0.25, 0.3) is 49.4 Å². The van der Waals surface area contributed by atoms with Crippen LogP contribution in [-0.4, -0.2) is 4.57 Å². The zero-order valence-electron chi connectivity index (χ0n) is 24.5. The first-order chi connectivity index (χ1) is 19.9. The van der Waals surface area contributed by atoms with E-state index in [4.69, 9.17) is 0 Å². The second kappa shape index (κ2) is 12.1. The maximum Gasteiger partial charge on any atom is 0.0619 e. The molecule has 5 aromatic carbocycles. The van der Waals surface area contributed by atoms with Crippen LogP contribution in [0.2, 0.25) is 0 Å². The molecule has 0 bridgehead atoms. The van der Waals surface area contributed by atoms with E-state index in [0.29, 0.717) is 0 Å². The van der Waals surface area contributed by atoms with E-state index in [1.807, 2.05) is 13.0 Å². The molecule has 0 atom stereocenters. The maximum absolute atomic E-state index is 3.98. The summed E-state index contributed by atoms with van der Waals surface area (Å²) in [7, 11) is 0. The smallest absolute Gasteiger partial charge is 0.0619 e. The van der Waals surface area contributed by atoms with Crippen LogP contribution in [0.4, 0.5) is 0 Å². The number of hydrogen-bond donors (Lipinski definition) is 0. The van der Waals surface area contributed by atoms with Crippen molar-refractivity contribution in [3.63, 3.8) is 0 Å². The molecule has 0 spiro atoms. The van der Waals surface area contributed by atoms with Crippen molar-refractivity contribution in [3.8, 4) is 16.8 Å². The van der Waals surface area contributed by atoms with Gasteiger partial charge in [0.15, 0.2) is 0 Å². The Labute approximate surface area is 244 Å². The van der Waals surface area contributed by atoms with Gasteiger partial charge in [-0.05, 0) is 85.2 Å². The number of aromatic nitrogens is 1. The van der Waals surface area contributed by atoms with Gasteiger partial charge in [-0.25, -0.2) is 0 Å². The lowest BCUT2D eigenvalue weighted by molar-refractivity contribution is 1.19. The van der Waals surface area contributed by atoms with E-state index >= 15 is 0 Å². The number of allylic oxidation sites excluding steroid dienone is 6. The van der Waals surface area contributed by atoms with E-state index in [1.54, 1.807) is 0 Å². The molecule has 1 heterocycles. The molecule has 6 aromatic rings. The van der Waals surface area contributed by atoms with Crippen molar-refractivity contribution >= 4 is 32.6 Å². The van der Waals surface area contributed by atoms with E-state index in [1.165, 1.54) is 66.1 Å². The van der Waals surface area contributed by atoms with Crippen molar-refractivity contribution in [2.45, 2.75) is 27.7 Å². The van der Waals surface area contributed by atoms with Gasteiger partial charge in [-0.15, -0.1) is 0 Å². The Morgan fingerprint density at radius 3 is 1.95 bits per heavy atom. The van der Waals surface area contributed by atoms with E-state index in [0.717, 1.165) is 5.57 Å². The van der Waals surface area contributed by atoms with E-state index in [-0.39, 0.29) is 0 Å². The standard InChI is InChI=1S/C28H19N.C12H18/c1-3-9-20(10-4-1)21-15-17-24-22(19-21)16-18-26-25-13-7-8-14-27(25)29(28(24)26)23-11-5-2-6-12-23;1-7-10(4)12(6)11(5)8-9(2)3/h1-19H;7-8H,1,5H2,2-4,6H3/b;12-10+. The van der Waals surface area contributed by atoms with Crippen LogP contribution in [0.15, 0.2) is 163 Å².